The van der Waals surface area contributed by atoms with Gasteiger partial charge in [-0.3, -0.25) is 14.6 Å². The quantitative estimate of drug-likeness (QED) is 0.746. The van der Waals surface area contributed by atoms with Crippen molar-refractivity contribution in [1.82, 2.24) is 4.98 Å². The van der Waals surface area contributed by atoms with Crippen LogP contribution < -0.4 is 5.32 Å². The molecule has 3 rings (SSSR count). The standard InChI is InChI=1S/C19H13FN2O2/c20-16-7-5-14(6-8-16)18(23)13-1-3-15(4-2-13)19(24)22-17-9-11-21-12-10-17/h1-12H,(H,21,22,24). The van der Waals surface area contributed by atoms with E-state index in [0.29, 0.717) is 22.4 Å². The van der Waals surface area contributed by atoms with Crippen LogP contribution in [0.2, 0.25) is 0 Å². The molecule has 0 unspecified atom stereocenters. The third kappa shape index (κ3) is 3.52. The van der Waals surface area contributed by atoms with Gasteiger partial charge < -0.3 is 5.32 Å². The molecule has 1 aromatic heterocycles. The molecular weight excluding hydrogens is 307 g/mol. The van der Waals surface area contributed by atoms with Crippen molar-refractivity contribution in [1.29, 1.82) is 0 Å². The Labute approximate surface area is 138 Å². The lowest BCUT2D eigenvalue weighted by Crippen LogP contribution is -2.12. The van der Waals surface area contributed by atoms with Crippen LogP contribution in [-0.4, -0.2) is 16.7 Å². The molecule has 0 aliphatic rings. The number of rotatable bonds is 4. The third-order valence-electron chi connectivity index (χ3n) is 3.45. The van der Waals surface area contributed by atoms with E-state index in [9.17, 15) is 14.0 Å². The summed E-state index contributed by atoms with van der Waals surface area (Å²) in [4.78, 5) is 28.3. The summed E-state index contributed by atoms with van der Waals surface area (Å²) in [6.07, 6.45) is 3.17. The number of carbonyl (C=O) groups is 2. The highest BCUT2D eigenvalue weighted by atomic mass is 19.1. The van der Waals surface area contributed by atoms with Crippen LogP contribution in [0.25, 0.3) is 0 Å². The van der Waals surface area contributed by atoms with Crippen LogP contribution >= 0.6 is 0 Å². The van der Waals surface area contributed by atoms with Crippen molar-refractivity contribution in [2.75, 3.05) is 5.32 Å². The smallest absolute Gasteiger partial charge is 0.255 e. The Morgan fingerprint density at radius 3 is 1.83 bits per heavy atom. The van der Waals surface area contributed by atoms with E-state index in [1.807, 2.05) is 0 Å². The van der Waals surface area contributed by atoms with E-state index in [0.717, 1.165) is 0 Å². The van der Waals surface area contributed by atoms with Crippen LogP contribution in [0.15, 0.2) is 73.1 Å². The normalized spacial score (nSPS) is 10.2. The molecular formula is C19H13FN2O2. The van der Waals surface area contributed by atoms with E-state index >= 15 is 0 Å². The molecule has 0 fully saturated rings. The molecule has 0 aliphatic heterocycles. The van der Waals surface area contributed by atoms with Gasteiger partial charge in [-0.1, -0.05) is 12.1 Å². The van der Waals surface area contributed by atoms with Crippen molar-refractivity contribution in [2.24, 2.45) is 0 Å². The molecule has 0 atom stereocenters. The number of ketones is 1. The number of halogens is 1. The predicted molar refractivity (Wildman–Crippen MR) is 88.5 cm³/mol. The topological polar surface area (TPSA) is 59.1 Å². The number of aromatic nitrogens is 1. The van der Waals surface area contributed by atoms with Crippen molar-refractivity contribution >= 4 is 17.4 Å². The van der Waals surface area contributed by atoms with Crippen LogP contribution in [0.1, 0.15) is 26.3 Å². The lowest BCUT2D eigenvalue weighted by Gasteiger charge is -2.06. The maximum absolute atomic E-state index is 12.9. The summed E-state index contributed by atoms with van der Waals surface area (Å²) in [5.74, 6) is -0.896. The number of nitrogens with zero attached hydrogens (tertiary/aromatic N) is 1. The summed E-state index contributed by atoms with van der Waals surface area (Å²) in [6, 6.07) is 15.0. The average molecular weight is 320 g/mol. The number of carbonyl (C=O) groups excluding carboxylic acids is 2. The largest absolute Gasteiger partial charge is 0.322 e. The first-order valence-corrected chi connectivity index (χ1v) is 7.25. The minimum atomic E-state index is -0.394. The second-order valence-electron chi connectivity index (χ2n) is 5.10. The number of nitrogens with one attached hydrogen (secondary N) is 1. The minimum Gasteiger partial charge on any atom is -0.322 e. The van der Waals surface area contributed by atoms with Gasteiger partial charge in [0.15, 0.2) is 5.78 Å². The van der Waals surface area contributed by atoms with Gasteiger partial charge in [-0.15, -0.1) is 0 Å². The van der Waals surface area contributed by atoms with Crippen LogP contribution in [0.4, 0.5) is 10.1 Å². The van der Waals surface area contributed by atoms with Crippen molar-refractivity contribution in [3.8, 4) is 0 Å². The van der Waals surface area contributed by atoms with Gasteiger partial charge in [0.25, 0.3) is 5.91 Å². The van der Waals surface area contributed by atoms with Gasteiger partial charge in [-0.05, 0) is 48.5 Å². The highest BCUT2D eigenvalue weighted by Gasteiger charge is 2.11. The fraction of sp³-hybridized carbons (Fsp3) is 0. The number of hydrogen-bond donors (Lipinski definition) is 1. The van der Waals surface area contributed by atoms with E-state index in [1.54, 1.807) is 48.8 Å². The number of hydrogen-bond acceptors (Lipinski definition) is 3. The van der Waals surface area contributed by atoms with Gasteiger partial charge in [-0.2, -0.15) is 0 Å². The summed E-state index contributed by atoms with van der Waals surface area (Å²) in [7, 11) is 0. The predicted octanol–water partition coefficient (Wildman–Crippen LogP) is 3.70. The highest BCUT2D eigenvalue weighted by molar-refractivity contribution is 6.10. The van der Waals surface area contributed by atoms with E-state index in [2.05, 4.69) is 10.3 Å². The monoisotopic (exact) mass is 320 g/mol. The van der Waals surface area contributed by atoms with Crippen LogP contribution in [0, 0.1) is 5.82 Å². The number of anilines is 1. The first-order chi connectivity index (χ1) is 11.6. The Hall–Kier alpha value is -3.34. The van der Waals surface area contributed by atoms with Crippen molar-refractivity contribution in [3.63, 3.8) is 0 Å². The summed E-state index contributed by atoms with van der Waals surface area (Å²) >= 11 is 0. The molecule has 1 N–H and O–H groups in total. The van der Waals surface area contributed by atoms with E-state index < -0.39 is 5.82 Å². The van der Waals surface area contributed by atoms with Gasteiger partial charge in [0.1, 0.15) is 5.82 Å². The first kappa shape index (κ1) is 15.6. The molecule has 0 spiro atoms. The fourth-order valence-corrected chi connectivity index (χ4v) is 2.18. The maximum Gasteiger partial charge on any atom is 0.255 e. The maximum atomic E-state index is 12.9. The first-order valence-electron chi connectivity index (χ1n) is 7.25. The lowest BCUT2D eigenvalue weighted by molar-refractivity contribution is 0.102. The van der Waals surface area contributed by atoms with Gasteiger partial charge in [0.05, 0.1) is 0 Å². The second-order valence-corrected chi connectivity index (χ2v) is 5.10. The average Bonchev–Trinajstić information content (AvgIpc) is 2.63. The highest BCUT2D eigenvalue weighted by Crippen LogP contribution is 2.13. The summed E-state index contributed by atoms with van der Waals surface area (Å²) in [5, 5.41) is 2.74. The van der Waals surface area contributed by atoms with E-state index in [1.165, 1.54) is 24.3 Å². The molecule has 2 aromatic carbocycles. The summed E-state index contributed by atoms with van der Waals surface area (Å²) in [5.41, 5.74) is 1.90. The zero-order valence-corrected chi connectivity index (χ0v) is 12.6. The SMILES string of the molecule is O=C(Nc1ccncc1)c1ccc(C(=O)c2ccc(F)cc2)cc1. The Balaban J connectivity index is 1.74. The molecule has 3 aromatic rings. The third-order valence-corrected chi connectivity index (χ3v) is 3.45. The van der Waals surface area contributed by atoms with Gasteiger partial charge in [0.2, 0.25) is 0 Å². The zero-order valence-electron chi connectivity index (χ0n) is 12.6. The molecule has 0 bridgehead atoms. The van der Waals surface area contributed by atoms with Crippen LogP contribution in [-0.2, 0) is 0 Å². The molecule has 0 aliphatic carbocycles. The Bertz CT molecular complexity index is 860. The van der Waals surface area contributed by atoms with E-state index in [4.69, 9.17) is 0 Å². The van der Waals surface area contributed by atoms with Crippen molar-refractivity contribution in [3.05, 3.63) is 95.6 Å². The van der Waals surface area contributed by atoms with Crippen LogP contribution in [0.5, 0.6) is 0 Å². The van der Waals surface area contributed by atoms with Crippen LogP contribution in [0.3, 0.4) is 0 Å². The number of benzene rings is 2. The molecule has 5 heteroatoms. The molecule has 4 nitrogen and oxygen atoms in total. The molecule has 24 heavy (non-hydrogen) atoms. The van der Waals surface area contributed by atoms with Gasteiger partial charge >= 0.3 is 0 Å². The van der Waals surface area contributed by atoms with Gasteiger partial charge in [0, 0.05) is 34.8 Å². The molecule has 0 radical (unpaired) electrons. The molecule has 1 heterocycles. The Morgan fingerprint density at radius 1 is 0.750 bits per heavy atom. The fourth-order valence-electron chi connectivity index (χ4n) is 2.18. The molecule has 0 saturated heterocycles. The zero-order chi connectivity index (χ0) is 16.9. The van der Waals surface area contributed by atoms with Gasteiger partial charge in [-0.25, -0.2) is 4.39 Å². The molecule has 118 valence electrons. The van der Waals surface area contributed by atoms with Crippen molar-refractivity contribution in [2.45, 2.75) is 0 Å². The Morgan fingerprint density at radius 2 is 1.25 bits per heavy atom. The summed E-state index contributed by atoms with van der Waals surface area (Å²) in [6.45, 7) is 0. The molecule has 1 amide bonds. The summed E-state index contributed by atoms with van der Waals surface area (Å²) < 4.78 is 12.9. The molecule has 0 saturated carbocycles. The second kappa shape index (κ2) is 6.83. The number of pyridine rings is 1. The van der Waals surface area contributed by atoms with E-state index in [-0.39, 0.29) is 11.7 Å². The minimum absolute atomic E-state index is 0.226. The van der Waals surface area contributed by atoms with Crippen molar-refractivity contribution < 1.29 is 14.0 Å². The Kier molecular flexibility index (Phi) is 4.43. The number of amides is 1. The lowest BCUT2D eigenvalue weighted by atomic mass is 10.0.